The van der Waals surface area contributed by atoms with Gasteiger partial charge in [-0.25, -0.2) is 0 Å². The molecule has 0 saturated carbocycles. The second kappa shape index (κ2) is 12.9. The quantitative estimate of drug-likeness (QED) is 0.325. The van der Waals surface area contributed by atoms with Gasteiger partial charge in [-0.3, -0.25) is 9.59 Å². The Kier molecular flexibility index (Phi) is 9.68. The summed E-state index contributed by atoms with van der Waals surface area (Å²) < 4.78 is 45.9. The molecule has 6 nitrogen and oxygen atoms in total. The largest absolute Gasteiger partial charge is 0.416 e. The molecule has 3 aromatic rings. The average Bonchev–Trinajstić information content (AvgIpc) is 3.32. The number of hydrogen-bond acceptors (Lipinski definition) is 3. The maximum absolute atomic E-state index is 13.3. The Morgan fingerprint density at radius 1 is 1.00 bits per heavy atom. The highest BCUT2D eigenvalue weighted by Crippen LogP contribution is 2.29. The number of carbonyl (C=O) groups is 2. The first-order valence-electron chi connectivity index (χ1n) is 11.7. The van der Waals surface area contributed by atoms with E-state index < -0.39 is 17.6 Å². The smallest absolute Gasteiger partial charge is 0.383 e. The number of aromatic nitrogens is 1. The summed E-state index contributed by atoms with van der Waals surface area (Å²) in [7, 11) is 1.54. The van der Waals surface area contributed by atoms with Gasteiger partial charge < -0.3 is 19.1 Å². The first-order chi connectivity index (χ1) is 17.7. The third-order valence-electron chi connectivity index (χ3n) is 5.81. The highest BCUT2D eigenvalue weighted by molar-refractivity contribution is 5.96. The number of carbonyl (C=O) groups excluding carboxylic acids is 2. The number of alkyl halides is 3. The molecular weight excluding hydrogens is 483 g/mol. The van der Waals surface area contributed by atoms with Crippen molar-refractivity contribution in [2.45, 2.75) is 19.3 Å². The number of ether oxygens (including phenoxy) is 1. The summed E-state index contributed by atoms with van der Waals surface area (Å²) in [5.41, 5.74) is 1.24. The standard InChI is InChI=1S/C28H30F3N3O3/c1-3-15-34(27(36)23-11-13-24(14-12-23)28(29,30)31)21-26(35)33(17-18-37-2)20-25-10-7-16-32(25)19-22-8-5-4-6-9-22/h3-14,16H,1,15,17-21H2,2H3. The number of amides is 2. The van der Waals surface area contributed by atoms with Crippen LogP contribution in [0.15, 0.2) is 85.6 Å². The molecule has 0 N–H and O–H groups in total. The van der Waals surface area contributed by atoms with Crippen molar-refractivity contribution < 1.29 is 27.5 Å². The van der Waals surface area contributed by atoms with Gasteiger partial charge in [-0.1, -0.05) is 36.4 Å². The number of halogens is 3. The molecule has 0 atom stereocenters. The SMILES string of the molecule is C=CCN(CC(=O)N(CCOC)Cc1cccn1Cc1ccccc1)C(=O)c1ccc(C(F)(F)F)cc1. The highest BCUT2D eigenvalue weighted by Gasteiger charge is 2.30. The predicted molar refractivity (Wildman–Crippen MR) is 135 cm³/mol. The third kappa shape index (κ3) is 7.82. The molecule has 1 aromatic heterocycles. The topological polar surface area (TPSA) is 54.8 Å². The molecular formula is C28H30F3N3O3. The van der Waals surface area contributed by atoms with Crippen LogP contribution in [0.2, 0.25) is 0 Å². The van der Waals surface area contributed by atoms with Gasteiger partial charge in [0.2, 0.25) is 5.91 Å². The van der Waals surface area contributed by atoms with E-state index >= 15 is 0 Å². The van der Waals surface area contributed by atoms with Crippen molar-refractivity contribution in [2.24, 2.45) is 0 Å². The zero-order valence-electron chi connectivity index (χ0n) is 20.7. The van der Waals surface area contributed by atoms with E-state index in [4.69, 9.17) is 4.74 Å². The fourth-order valence-corrected chi connectivity index (χ4v) is 3.84. The molecule has 0 unspecified atom stereocenters. The van der Waals surface area contributed by atoms with E-state index in [0.29, 0.717) is 26.2 Å². The lowest BCUT2D eigenvalue weighted by molar-refractivity contribution is -0.137. The normalized spacial score (nSPS) is 11.2. The summed E-state index contributed by atoms with van der Waals surface area (Å²) in [6.07, 6.45) is -1.09. The van der Waals surface area contributed by atoms with Crippen molar-refractivity contribution in [3.05, 3.63) is 108 Å². The van der Waals surface area contributed by atoms with Gasteiger partial charge in [-0.2, -0.15) is 13.2 Å². The Bertz CT molecular complexity index is 1170. The summed E-state index contributed by atoms with van der Waals surface area (Å²) >= 11 is 0. The molecule has 0 aliphatic carbocycles. The molecule has 9 heteroatoms. The van der Waals surface area contributed by atoms with Crippen molar-refractivity contribution in [3.63, 3.8) is 0 Å². The summed E-state index contributed by atoms with van der Waals surface area (Å²) in [5, 5.41) is 0. The Balaban J connectivity index is 1.75. The second-order valence-corrected chi connectivity index (χ2v) is 8.47. The maximum atomic E-state index is 13.3. The fourth-order valence-electron chi connectivity index (χ4n) is 3.84. The van der Waals surface area contributed by atoms with Crippen LogP contribution in [0, 0.1) is 0 Å². The van der Waals surface area contributed by atoms with Crippen molar-refractivity contribution in [3.8, 4) is 0 Å². The zero-order chi connectivity index (χ0) is 26.8. The number of benzene rings is 2. The van der Waals surface area contributed by atoms with Crippen LogP contribution in [0.1, 0.15) is 27.2 Å². The minimum atomic E-state index is -4.50. The van der Waals surface area contributed by atoms with E-state index in [-0.39, 0.29) is 24.6 Å². The van der Waals surface area contributed by atoms with Gasteiger partial charge in [0.05, 0.1) is 18.7 Å². The van der Waals surface area contributed by atoms with Crippen LogP contribution in [-0.4, -0.2) is 59.5 Å². The Hall–Kier alpha value is -3.85. The molecule has 196 valence electrons. The lowest BCUT2D eigenvalue weighted by Crippen LogP contribution is -2.44. The first kappa shape index (κ1) is 27.7. The van der Waals surface area contributed by atoms with Gasteiger partial charge >= 0.3 is 6.18 Å². The van der Waals surface area contributed by atoms with Crippen molar-refractivity contribution in [1.82, 2.24) is 14.4 Å². The van der Waals surface area contributed by atoms with Crippen LogP contribution in [0.4, 0.5) is 13.2 Å². The van der Waals surface area contributed by atoms with Gasteiger partial charge in [0, 0.05) is 44.2 Å². The molecule has 0 fully saturated rings. The summed E-state index contributed by atoms with van der Waals surface area (Å²) in [4.78, 5) is 29.2. The molecule has 0 aliphatic heterocycles. The summed E-state index contributed by atoms with van der Waals surface area (Å²) in [5.74, 6) is -0.868. The molecule has 1 heterocycles. The van der Waals surface area contributed by atoms with Crippen LogP contribution in [0.25, 0.3) is 0 Å². The maximum Gasteiger partial charge on any atom is 0.416 e. The molecule has 0 saturated heterocycles. The molecule has 0 bridgehead atoms. The summed E-state index contributed by atoms with van der Waals surface area (Å²) in [6.45, 7) is 5.01. The van der Waals surface area contributed by atoms with E-state index in [1.165, 1.54) is 11.0 Å². The third-order valence-corrected chi connectivity index (χ3v) is 5.81. The fraction of sp³-hybridized carbons (Fsp3) is 0.286. The lowest BCUT2D eigenvalue weighted by Gasteiger charge is -2.27. The Labute approximate surface area is 214 Å². The zero-order valence-corrected chi connectivity index (χ0v) is 20.7. The molecule has 0 aliphatic rings. The Morgan fingerprint density at radius 3 is 2.32 bits per heavy atom. The molecule has 0 radical (unpaired) electrons. The molecule has 2 aromatic carbocycles. The van der Waals surface area contributed by atoms with Crippen LogP contribution in [0.3, 0.4) is 0 Å². The van der Waals surface area contributed by atoms with E-state index in [1.54, 1.807) is 12.0 Å². The minimum Gasteiger partial charge on any atom is -0.383 e. The van der Waals surface area contributed by atoms with Crippen molar-refractivity contribution >= 4 is 11.8 Å². The van der Waals surface area contributed by atoms with Gasteiger partial charge in [0.25, 0.3) is 5.91 Å². The van der Waals surface area contributed by atoms with Crippen LogP contribution in [0.5, 0.6) is 0 Å². The molecule has 37 heavy (non-hydrogen) atoms. The van der Waals surface area contributed by atoms with Gasteiger partial charge in [0.15, 0.2) is 0 Å². The molecule has 0 spiro atoms. The van der Waals surface area contributed by atoms with Crippen LogP contribution >= 0.6 is 0 Å². The van der Waals surface area contributed by atoms with E-state index in [9.17, 15) is 22.8 Å². The van der Waals surface area contributed by atoms with Gasteiger partial charge in [0.1, 0.15) is 6.54 Å². The van der Waals surface area contributed by atoms with Crippen molar-refractivity contribution in [2.75, 3.05) is 33.4 Å². The Morgan fingerprint density at radius 2 is 1.70 bits per heavy atom. The number of hydrogen-bond donors (Lipinski definition) is 0. The highest BCUT2D eigenvalue weighted by atomic mass is 19.4. The summed E-state index contributed by atoms with van der Waals surface area (Å²) in [6, 6.07) is 17.7. The number of rotatable bonds is 12. The minimum absolute atomic E-state index is 0.0582. The van der Waals surface area contributed by atoms with Crippen molar-refractivity contribution in [1.29, 1.82) is 0 Å². The molecule has 3 rings (SSSR count). The van der Waals surface area contributed by atoms with E-state index in [0.717, 1.165) is 35.5 Å². The monoisotopic (exact) mass is 513 g/mol. The van der Waals surface area contributed by atoms with Gasteiger partial charge in [-0.15, -0.1) is 6.58 Å². The first-order valence-corrected chi connectivity index (χ1v) is 11.7. The second-order valence-electron chi connectivity index (χ2n) is 8.47. The van der Waals surface area contributed by atoms with Crippen LogP contribution in [-0.2, 0) is 28.8 Å². The van der Waals surface area contributed by atoms with E-state index in [2.05, 4.69) is 11.1 Å². The van der Waals surface area contributed by atoms with Crippen LogP contribution < -0.4 is 0 Å². The predicted octanol–water partition coefficient (Wildman–Crippen LogP) is 4.86. The molecule has 2 amide bonds. The number of nitrogens with zero attached hydrogens (tertiary/aromatic N) is 3. The van der Waals surface area contributed by atoms with Gasteiger partial charge in [-0.05, 0) is 42.0 Å². The average molecular weight is 514 g/mol. The lowest BCUT2D eigenvalue weighted by atomic mass is 10.1. The van der Waals surface area contributed by atoms with E-state index in [1.807, 2.05) is 48.7 Å². The number of methoxy groups -OCH3 is 1.